The molecule has 0 aliphatic rings. The quantitative estimate of drug-likeness (QED) is 0.646. The average molecular weight is 203 g/mol. The van der Waals surface area contributed by atoms with E-state index in [0.717, 1.165) is 0 Å². The highest BCUT2D eigenvalue weighted by Gasteiger charge is 2.17. The van der Waals surface area contributed by atoms with Gasteiger partial charge in [0.25, 0.3) is 0 Å². The molecule has 2 N–H and O–H groups in total. The van der Waals surface area contributed by atoms with Crippen molar-refractivity contribution in [1.29, 1.82) is 0 Å². The summed E-state index contributed by atoms with van der Waals surface area (Å²) in [5.74, 6) is -1.45. The summed E-state index contributed by atoms with van der Waals surface area (Å²) in [6.07, 6.45) is 0. The standard InChI is InChI=1S/C9H17NO4/c1-6(8(12)13)10-5-7(11)14-9(2,3)4/h6,10H,5H2,1-4H3,(H,12,13)/t6-/m1/s1. The van der Waals surface area contributed by atoms with Gasteiger partial charge in [-0.2, -0.15) is 0 Å². The van der Waals surface area contributed by atoms with Crippen molar-refractivity contribution in [2.45, 2.75) is 39.3 Å². The van der Waals surface area contributed by atoms with Crippen molar-refractivity contribution in [3.8, 4) is 0 Å². The summed E-state index contributed by atoms with van der Waals surface area (Å²) in [7, 11) is 0. The van der Waals surface area contributed by atoms with Gasteiger partial charge in [-0.25, -0.2) is 0 Å². The van der Waals surface area contributed by atoms with Crippen LogP contribution in [-0.2, 0) is 14.3 Å². The number of hydrogen-bond acceptors (Lipinski definition) is 4. The first-order valence-electron chi connectivity index (χ1n) is 4.40. The number of carbonyl (C=O) groups excluding carboxylic acids is 1. The van der Waals surface area contributed by atoms with Crippen molar-refractivity contribution >= 4 is 11.9 Å². The second kappa shape index (κ2) is 4.95. The minimum absolute atomic E-state index is 0.0925. The number of ether oxygens (including phenoxy) is 1. The monoisotopic (exact) mass is 203 g/mol. The van der Waals surface area contributed by atoms with Gasteiger partial charge in [-0.1, -0.05) is 0 Å². The van der Waals surface area contributed by atoms with Crippen molar-refractivity contribution in [1.82, 2.24) is 5.32 Å². The zero-order valence-electron chi connectivity index (χ0n) is 8.96. The Bertz CT molecular complexity index is 219. The van der Waals surface area contributed by atoms with Crippen LogP contribution >= 0.6 is 0 Å². The van der Waals surface area contributed by atoms with Crippen LogP contribution in [-0.4, -0.2) is 35.2 Å². The number of esters is 1. The normalized spacial score (nSPS) is 13.4. The van der Waals surface area contributed by atoms with E-state index in [1.54, 1.807) is 20.8 Å². The van der Waals surface area contributed by atoms with Crippen LogP contribution < -0.4 is 5.32 Å². The van der Waals surface area contributed by atoms with E-state index in [0.29, 0.717) is 0 Å². The molecule has 0 aromatic carbocycles. The summed E-state index contributed by atoms with van der Waals surface area (Å²) in [5, 5.41) is 11.0. The van der Waals surface area contributed by atoms with Crippen molar-refractivity contribution < 1.29 is 19.4 Å². The van der Waals surface area contributed by atoms with Gasteiger partial charge in [0, 0.05) is 0 Å². The molecule has 82 valence electrons. The molecular formula is C9H17NO4. The van der Waals surface area contributed by atoms with Gasteiger partial charge >= 0.3 is 11.9 Å². The molecule has 0 saturated heterocycles. The summed E-state index contributed by atoms with van der Waals surface area (Å²) < 4.78 is 4.97. The van der Waals surface area contributed by atoms with Gasteiger partial charge in [0.15, 0.2) is 0 Å². The number of aliphatic carboxylic acids is 1. The minimum atomic E-state index is -0.992. The highest BCUT2D eigenvalue weighted by atomic mass is 16.6. The van der Waals surface area contributed by atoms with Gasteiger partial charge in [-0.15, -0.1) is 0 Å². The van der Waals surface area contributed by atoms with Gasteiger partial charge in [-0.05, 0) is 27.7 Å². The molecular weight excluding hydrogens is 186 g/mol. The fourth-order valence-electron chi connectivity index (χ4n) is 0.701. The van der Waals surface area contributed by atoms with E-state index in [9.17, 15) is 9.59 Å². The topological polar surface area (TPSA) is 75.6 Å². The second-order valence-corrected chi connectivity index (χ2v) is 4.03. The molecule has 0 unspecified atom stereocenters. The summed E-state index contributed by atoms with van der Waals surface area (Å²) in [5.41, 5.74) is -0.536. The molecule has 0 rings (SSSR count). The zero-order chi connectivity index (χ0) is 11.4. The van der Waals surface area contributed by atoms with Crippen LogP contribution in [0.5, 0.6) is 0 Å². The predicted octanol–water partition coefficient (Wildman–Crippen LogP) is 0.391. The van der Waals surface area contributed by atoms with E-state index in [-0.39, 0.29) is 6.54 Å². The lowest BCUT2D eigenvalue weighted by Gasteiger charge is -2.20. The van der Waals surface area contributed by atoms with E-state index >= 15 is 0 Å². The molecule has 0 aromatic rings. The first-order valence-corrected chi connectivity index (χ1v) is 4.40. The fourth-order valence-corrected chi connectivity index (χ4v) is 0.701. The summed E-state index contributed by atoms with van der Waals surface area (Å²) in [6.45, 7) is 6.64. The highest BCUT2D eigenvalue weighted by Crippen LogP contribution is 2.06. The van der Waals surface area contributed by atoms with Crippen LogP contribution in [0.2, 0.25) is 0 Å². The number of rotatable bonds is 4. The van der Waals surface area contributed by atoms with Crippen LogP contribution in [0.3, 0.4) is 0 Å². The first-order chi connectivity index (χ1) is 6.22. The second-order valence-electron chi connectivity index (χ2n) is 4.03. The number of nitrogens with one attached hydrogen (secondary N) is 1. The third-order valence-corrected chi connectivity index (χ3v) is 1.34. The number of carbonyl (C=O) groups is 2. The molecule has 0 bridgehead atoms. The Hall–Kier alpha value is -1.10. The lowest BCUT2D eigenvalue weighted by Crippen LogP contribution is -2.39. The highest BCUT2D eigenvalue weighted by molar-refractivity contribution is 5.76. The SMILES string of the molecule is C[C@@H](NCC(=O)OC(C)(C)C)C(=O)O. The lowest BCUT2D eigenvalue weighted by atomic mass is 10.2. The summed E-state index contributed by atoms with van der Waals surface area (Å²) in [6, 6.07) is -0.748. The molecule has 0 aromatic heterocycles. The van der Waals surface area contributed by atoms with E-state index in [1.165, 1.54) is 6.92 Å². The number of hydrogen-bond donors (Lipinski definition) is 2. The maximum atomic E-state index is 11.1. The Morgan fingerprint density at radius 2 is 1.93 bits per heavy atom. The minimum Gasteiger partial charge on any atom is -0.480 e. The lowest BCUT2D eigenvalue weighted by molar-refractivity contribution is -0.153. The third kappa shape index (κ3) is 6.42. The van der Waals surface area contributed by atoms with Gasteiger partial charge < -0.3 is 9.84 Å². The molecule has 5 nitrogen and oxygen atoms in total. The van der Waals surface area contributed by atoms with E-state index in [2.05, 4.69) is 5.32 Å². The molecule has 0 aliphatic heterocycles. The molecule has 5 heteroatoms. The van der Waals surface area contributed by atoms with Crippen LogP contribution in [0.1, 0.15) is 27.7 Å². The van der Waals surface area contributed by atoms with Crippen molar-refractivity contribution in [2.75, 3.05) is 6.54 Å². The van der Waals surface area contributed by atoms with E-state index < -0.39 is 23.6 Å². The van der Waals surface area contributed by atoms with Crippen LogP contribution in [0.15, 0.2) is 0 Å². The molecule has 0 radical (unpaired) electrons. The Balaban J connectivity index is 3.81. The largest absolute Gasteiger partial charge is 0.480 e. The van der Waals surface area contributed by atoms with E-state index in [4.69, 9.17) is 9.84 Å². The average Bonchev–Trinajstić information content (AvgIpc) is 1.96. The van der Waals surface area contributed by atoms with Gasteiger partial charge in [0.2, 0.25) is 0 Å². The molecule has 0 fully saturated rings. The maximum Gasteiger partial charge on any atom is 0.320 e. The Morgan fingerprint density at radius 1 is 1.43 bits per heavy atom. The Labute approximate surface area is 83.4 Å². The molecule has 0 saturated carbocycles. The molecule has 14 heavy (non-hydrogen) atoms. The van der Waals surface area contributed by atoms with Gasteiger partial charge in [0.05, 0.1) is 6.54 Å². The number of carboxylic acids is 1. The van der Waals surface area contributed by atoms with Crippen LogP contribution in [0, 0.1) is 0 Å². The number of carboxylic acid groups (broad SMARTS) is 1. The predicted molar refractivity (Wildman–Crippen MR) is 50.9 cm³/mol. The fraction of sp³-hybridized carbons (Fsp3) is 0.778. The first kappa shape index (κ1) is 12.9. The Kier molecular flexibility index (Phi) is 4.56. The van der Waals surface area contributed by atoms with Crippen molar-refractivity contribution in [2.24, 2.45) is 0 Å². The van der Waals surface area contributed by atoms with Crippen LogP contribution in [0.4, 0.5) is 0 Å². The van der Waals surface area contributed by atoms with E-state index in [1.807, 2.05) is 0 Å². The van der Waals surface area contributed by atoms with Crippen molar-refractivity contribution in [3.05, 3.63) is 0 Å². The zero-order valence-corrected chi connectivity index (χ0v) is 8.96. The maximum absolute atomic E-state index is 11.1. The summed E-state index contributed by atoms with van der Waals surface area (Å²) in [4.78, 5) is 21.5. The smallest absolute Gasteiger partial charge is 0.320 e. The molecule has 0 spiro atoms. The molecule has 0 heterocycles. The van der Waals surface area contributed by atoms with Crippen LogP contribution in [0.25, 0.3) is 0 Å². The molecule has 1 atom stereocenters. The Morgan fingerprint density at radius 3 is 2.29 bits per heavy atom. The molecule has 0 amide bonds. The van der Waals surface area contributed by atoms with Gasteiger partial charge in [0.1, 0.15) is 11.6 Å². The molecule has 0 aliphatic carbocycles. The van der Waals surface area contributed by atoms with Crippen molar-refractivity contribution in [3.63, 3.8) is 0 Å². The third-order valence-electron chi connectivity index (χ3n) is 1.34. The summed E-state index contributed by atoms with van der Waals surface area (Å²) >= 11 is 0. The van der Waals surface area contributed by atoms with Gasteiger partial charge in [-0.3, -0.25) is 14.9 Å².